The van der Waals surface area contributed by atoms with E-state index in [2.05, 4.69) is 10.6 Å². The van der Waals surface area contributed by atoms with Gasteiger partial charge in [0.25, 0.3) is 0 Å². The Bertz CT molecular complexity index is 785. The molecule has 1 aliphatic rings. The quantitative estimate of drug-likeness (QED) is 0.483. The van der Waals surface area contributed by atoms with Gasteiger partial charge in [0.2, 0.25) is 5.91 Å². The average Bonchev–Trinajstić information content (AvgIpc) is 3.35. The minimum atomic E-state index is -1.06. The molecule has 0 radical (unpaired) electrons. The predicted molar refractivity (Wildman–Crippen MR) is 123 cm³/mol. The summed E-state index contributed by atoms with van der Waals surface area (Å²) in [7, 11) is 0. The Morgan fingerprint density at radius 2 is 1.72 bits per heavy atom. The van der Waals surface area contributed by atoms with Gasteiger partial charge in [0.15, 0.2) is 0 Å². The lowest BCUT2D eigenvalue weighted by molar-refractivity contribution is -0.124. The van der Waals surface area contributed by atoms with E-state index in [9.17, 15) is 19.5 Å². The molecule has 1 aromatic rings. The van der Waals surface area contributed by atoms with Crippen LogP contribution in [0.5, 0.6) is 0 Å². The third kappa shape index (κ3) is 7.62. The molecule has 178 valence electrons. The van der Waals surface area contributed by atoms with Gasteiger partial charge in [-0.1, -0.05) is 58.0 Å². The standard InChI is InChI=1S/C25H38N2O5/c1-15(2)12-20(27-24(30)32-14-17-10-8-7-9-11-17)23(29)26-19(16(3)4)13-18-21(22(18)28)25(5,6)31/h7-11,15-16,18-21,31H,12-14H2,1-6H3,(H,26,29)(H,27,30)/t18?,19-,20-,21?/m0/s1. The molecule has 0 saturated heterocycles. The highest BCUT2D eigenvalue weighted by Gasteiger charge is 2.57. The summed E-state index contributed by atoms with van der Waals surface area (Å²) in [6, 6.07) is 8.37. The summed E-state index contributed by atoms with van der Waals surface area (Å²) in [5.74, 6) is -0.615. The number of carbonyl (C=O) groups is 3. The molecule has 4 atom stereocenters. The Morgan fingerprint density at radius 3 is 2.22 bits per heavy atom. The summed E-state index contributed by atoms with van der Waals surface area (Å²) in [6.07, 6.45) is 0.297. The lowest BCUT2D eigenvalue weighted by atomic mass is 9.93. The normalized spacial score (nSPS) is 20.1. The zero-order valence-electron chi connectivity index (χ0n) is 20.1. The minimum absolute atomic E-state index is 0.0405. The number of rotatable bonds is 11. The van der Waals surface area contributed by atoms with Crippen molar-refractivity contribution in [2.75, 3.05) is 0 Å². The van der Waals surface area contributed by atoms with E-state index in [0.717, 1.165) is 5.56 Å². The maximum absolute atomic E-state index is 13.0. The molecule has 3 N–H and O–H groups in total. The van der Waals surface area contributed by atoms with Gasteiger partial charge < -0.3 is 20.5 Å². The van der Waals surface area contributed by atoms with Crippen LogP contribution in [-0.4, -0.2) is 40.6 Å². The number of Topliss-reactive ketones (excluding diaryl/α,β-unsaturated/α-hetero) is 1. The molecule has 1 aromatic carbocycles. The van der Waals surface area contributed by atoms with Crippen LogP contribution in [0.15, 0.2) is 30.3 Å². The number of ether oxygens (including phenoxy) is 1. The van der Waals surface area contributed by atoms with Crippen molar-refractivity contribution in [3.8, 4) is 0 Å². The van der Waals surface area contributed by atoms with Crippen molar-refractivity contribution in [2.45, 2.75) is 78.7 Å². The molecule has 0 aliphatic heterocycles. The van der Waals surface area contributed by atoms with E-state index < -0.39 is 23.7 Å². The highest BCUT2D eigenvalue weighted by molar-refractivity contribution is 6.00. The van der Waals surface area contributed by atoms with Crippen molar-refractivity contribution in [2.24, 2.45) is 23.7 Å². The Kier molecular flexibility index (Phi) is 8.84. The van der Waals surface area contributed by atoms with Crippen molar-refractivity contribution in [3.63, 3.8) is 0 Å². The van der Waals surface area contributed by atoms with E-state index in [1.165, 1.54) is 0 Å². The van der Waals surface area contributed by atoms with Crippen molar-refractivity contribution in [3.05, 3.63) is 35.9 Å². The summed E-state index contributed by atoms with van der Waals surface area (Å²) < 4.78 is 5.28. The molecule has 1 fully saturated rings. The van der Waals surface area contributed by atoms with Gasteiger partial charge in [-0.3, -0.25) is 9.59 Å². The first-order chi connectivity index (χ1) is 14.9. The van der Waals surface area contributed by atoms with Crippen molar-refractivity contribution in [1.29, 1.82) is 0 Å². The zero-order valence-corrected chi connectivity index (χ0v) is 20.1. The summed E-state index contributed by atoms with van der Waals surface area (Å²) in [4.78, 5) is 37.6. The Morgan fingerprint density at radius 1 is 1.09 bits per heavy atom. The number of hydrogen-bond donors (Lipinski definition) is 3. The van der Waals surface area contributed by atoms with E-state index in [1.54, 1.807) is 13.8 Å². The number of aliphatic hydroxyl groups is 1. The maximum atomic E-state index is 13.0. The third-order valence-electron chi connectivity index (χ3n) is 5.90. The van der Waals surface area contributed by atoms with Crippen molar-refractivity contribution >= 4 is 17.8 Å². The number of ketones is 1. The molecule has 0 heterocycles. The van der Waals surface area contributed by atoms with Crippen LogP contribution < -0.4 is 10.6 Å². The summed E-state index contributed by atoms with van der Waals surface area (Å²) in [6.45, 7) is 11.3. The highest BCUT2D eigenvalue weighted by Crippen LogP contribution is 2.45. The van der Waals surface area contributed by atoms with E-state index in [-0.39, 0.29) is 42.1 Å². The number of hydrogen-bond acceptors (Lipinski definition) is 5. The second-order valence-corrected chi connectivity index (χ2v) is 10.1. The molecule has 7 nitrogen and oxygen atoms in total. The Labute approximate surface area is 191 Å². The fourth-order valence-corrected chi connectivity index (χ4v) is 4.05. The monoisotopic (exact) mass is 446 g/mol. The molecule has 1 saturated carbocycles. The summed E-state index contributed by atoms with van der Waals surface area (Å²) >= 11 is 0. The zero-order chi connectivity index (χ0) is 24.1. The Balaban J connectivity index is 1.97. The van der Waals surface area contributed by atoms with Gasteiger partial charge in [0.05, 0.1) is 11.5 Å². The topological polar surface area (TPSA) is 105 Å². The largest absolute Gasteiger partial charge is 0.445 e. The first-order valence-corrected chi connectivity index (χ1v) is 11.4. The van der Waals surface area contributed by atoms with E-state index in [0.29, 0.717) is 12.8 Å². The molecule has 2 amide bonds. The van der Waals surface area contributed by atoms with Gasteiger partial charge in [-0.05, 0) is 44.1 Å². The van der Waals surface area contributed by atoms with E-state index in [1.807, 2.05) is 58.0 Å². The second kappa shape index (κ2) is 10.9. The summed E-state index contributed by atoms with van der Waals surface area (Å²) in [5, 5.41) is 15.9. The number of nitrogens with one attached hydrogen (secondary N) is 2. The molecule has 1 aliphatic carbocycles. The molecule has 2 unspecified atom stereocenters. The fourth-order valence-electron chi connectivity index (χ4n) is 4.05. The third-order valence-corrected chi connectivity index (χ3v) is 5.90. The first kappa shape index (κ1) is 25.8. The number of alkyl carbamates (subject to hydrolysis) is 1. The van der Waals surface area contributed by atoms with Crippen LogP contribution in [0, 0.1) is 23.7 Å². The molecule has 7 heteroatoms. The second-order valence-electron chi connectivity index (χ2n) is 10.1. The summed E-state index contributed by atoms with van der Waals surface area (Å²) in [5.41, 5.74) is -0.194. The van der Waals surface area contributed by atoms with Crippen LogP contribution in [0.25, 0.3) is 0 Å². The molecule has 32 heavy (non-hydrogen) atoms. The first-order valence-electron chi connectivity index (χ1n) is 11.4. The van der Waals surface area contributed by atoms with Gasteiger partial charge in [0, 0.05) is 12.0 Å². The van der Waals surface area contributed by atoms with Crippen molar-refractivity contribution < 1.29 is 24.2 Å². The molecule has 0 bridgehead atoms. The van der Waals surface area contributed by atoms with Crippen molar-refractivity contribution in [1.82, 2.24) is 10.6 Å². The van der Waals surface area contributed by atoms with Crippen LogP contribution >= 0.6 is 0 Å². The van der Waals surface area contributed by atoms with Gasteiger partial charge in [0.1, 0.15) is 18.4 Å². The molecular formula is C25H38N2O5. The maximum Gasteiger partial charge on any atom is 0.408 e. The number of amides is 2. The van der Waals surface area contributed by atoms with Crippen LogP contribution in [0.4, 0.5) is 4.79 Å². The SMILES string of the molecule is CC(C)C[C@H](NC(=O)OCc1ccccc1)C(=O)N[C@@H](CC1C(=O)C1C(C)(C)O)C(C)C. The van der Waals surface area contributed by atoms with Crippen LogP contribution in [0.1, 0.15) is 59.9 Å². The van der Waals surface area contributed by atoms with Crippen LogP contribution in [0.2, 0.25) is 0 Å². The number of benzene rings is 1. The van der Waals surface area contributed by atoms with Gasteiger partial charge in [-0.2, -0.15) is 0 Å². The van der Waals surface area contributed by atoms with Gasteiger partial charge >= 0.3 is 6.09 Å². The highest BCUT2D eigenvalue weighted by atomic mass is 16.5. The van der Waals surface area contributed by atoms with Crippen LogP contribution in [0.3, 0.4) is 0 Å². The molecule has 0 spiro atoms. The molecule has 0 aromatic heterocycles. The Hall–Kier alpha value is -2.41. The van der Waals surface area contributed by atoms with Gasteiger partial charge in [-0.25, -0.2) is 4.79 Å². The van der Waals surface area contributed by atoms with Gasteiger partial charge in [-0.15, -0.1) is 0 Å². The van der Waals surface area contributed by atoms with E-state index >= 15 is 0 Å². The minimum Gasteiger partial charge on any atom is -0.445 e. The van der Waals surface area contributed by atoms with Crippen LogP contribution in [-0.2, 0) is 20.9 Å². The lowest BCUT2D eigenvalue weighted by Gasteiger charge is -2.27. The lowest BCUT2D eigenvalue weighted by Crippen LogP contribution is -2.51. The average molecular weight is 447 g/mol. The van der Waals surface area contributed by atoms with E-state index in [4.69, 9.17) is 4.74 Å². The molecular weight excluding hydrogens is 408 g/mol. The fraction of sp³-hybridized carbons (Fsp3) is 0.640. The molecule has 2 rings (SSSR count). The predicted octanol–water partition coefficient (Wildman–Crippen LogP) is 3.44. The number of carbonyl (C=O) groups excluding carboxylic acids is 3. The smallest absolute Gasteiger partial charge is 0.408 e.